The summed E-state index contributed by atoms with van der Waals surface area (Å²) < 4.78 is 30.7. The van der Waals surface area contributed by atoms with Gasteiger partial charge < -0.3 is 4.74 Å². The first-order valence-corrected chi connectivity index (χ1v) is 6.54. The Hall–Kier alpha value is -2.43. The lowest BCUT2D eigenvalue weighted by Crippen LogP contribution is -2.01. The van der Waals surface area contributed by atoms with Crippen LogP contribution in [0.4, 0.5) is 8.78 Å². The van der Waals surface area contributed by atoms with Crippen molar-refractivity contribution in [3.8, 4) is 17.0 Å². The SMILES string of the molecule is Cc1cc(C)n2c(-c3ccc(OC(F)F)cc3)cnc2c1. The molecule has 108 valence electrons. The first-order chi connectivity index (χ1) is 10.0. The molecule has 2 aromatic heterocycles. The standard InChI is InChI=1S/C16H14F2N2O/c1-10-7-11(2)20-14(9-19-15(20)8-10)12-3-5-13(6-4-12)21-16(17)18/h3-9,16H,1-2H3. The minimum Gasteiger partial charge on any atom is -0.435 e. The smallest absolute Gasteiger partial charge is 0.387 e. The zero-order valence-electron chi connectivity index (χ0n) is 11.7. The molecule has 3 rings (SSSR count). The van der Waals surface area contributed by atoms with E-state index in [2.05, 4.69) is 15.8 Å². The second kappa shape index (κ2) is 5.16. The number of rotatable bonds is 3. The molecule has 0 saturated heterocycles. The summed E-state index contributed by atoms with van der Waals surface area (Å²) in [6, 6.07) is 10.6. The molecule has 2 heterocycles. The first kappa shape index (κ1) is 13.5. The zero-order chi connectivity index (χ0) is 15.0. The number of aromatic nitrogens is 2. The Kier molecular flexibility index (Phi) is 3.33. The van der Waals surface area contributed by atoms with Crippen LogP contribution >= 0.6 is 0 Å². The van der Waals surface area contributed by atoms with E-state index in [1.807, 2.05) is 24.3 Å². The molecular formula is C16H14F2N2O. The summed E-state index contributed by atoms with van der Waals surface area (Å²) in [5.41, 5.74) is 4.92. The second-order valence-electron chi connectivity index (χ2n) is 4.91. The van der Waals surface area contributed by atoms with Crippen molar-refractivity contribution in [1.29, 1.82) is 0 Å². The molecule has 0 bridgehead atoms. The van der Waals surface area contributed by atoms with Crippen molar-refractivity contribution in [3.63, 3.8) is 0 Å². The van der Waals surface area contributed by atoms with Crippen molar-refractivity contribution in [2.24, 2.45) is 0 Å². The van der Waals surface area contributed by atoms with Gasteiger partial charge in [0.25, 0.3) is 0 Å². The van der Waals surface area contributed by atoms with E-state index in [-0.39, 0.29) is 5.75 Å². The molecule has 0 fully saturated rings. The highest BCUT2D eigenvalue weighted by molar-refractivity contribution is 5.65. The third kappa shape index (κ3) is 2.59. The lowest BCUT2D eigenvalue weighted by Gasteiger charge is -2.08. The molecule has 0 aliphatic rings. The second-order valence-corrected chi connectivity index (χ2v) is 4.91. The number of halogens is 2. The fraction of sp³-hybridized carbons (Fsp3) is 0.188. The van der Waals surface area contributed by atoms with E-state index in [9.17, 15) is 8.78 Å². The molecular weight excluding hydrogens is 274 g/mol. The molecule has 0 radical (unpaired) electrons. The maximum Gasteiger partial charge on any atom is 0.387 e. The molecule has 0 unspecified atom stereocenters. The van der Waals surface area contributed by atoms with Crippen LogP contribution in [0, 0.1) is 13.8 Å². The highest BCUT2D eigenvalue weighted by Crippen LogP contribution is 2.25. The fourth-order valence-corrected chi connectivity index (χ4v) is 2.49. The number of fused-ring (bicyclic) bond motifs is 1. The molecule has 0 N–H and O–H groups in total. The van der Waals surface area contributed by atoms with Crippen molar-refractivity contribution in [1.82, 2.24) is 9.38 Å². The van der Waals surface area contributed by atoms with Crippen LogP contribution in [0.2, 0.25) is 0 Å². The topological polar surface area (TPSA) is 26.5 Å². The Bertz CT molecular complexity index is 779. The van der Waals surface area contributed by atoms with E-state index in [1.54, 1.807) is 18.3 Å². The van der Waals surface area contributed by atoms with E-state index in [0.717, 1.165) is 28.2 Å². The number of benzene rings is 1. The van der Waals surface area contributed by atoms with Crippen LogP contribution in [0.5, 0.6) is 5.75 Å². The Morgan fingerprint density at radius 1 is 1.10 bits per heavy atom. The minimum atomic E-state index is -2.81. The summed E-state index contributed by atoms with van der Waals surface area (Å²) in [5, 5.41) is 0. The van der Waals surface area contributed by atoms with E-state index >= 15 is 0 Å². The minimum absolute atomic E-state index is 0.148. The summed E-state index contributed by atoms with van der Waals surface area (Å²) in [7, 11) is 0. The monoisotopic (exact) mass is 288 g/mol. The fourth-order valence-electron chi connectivity index (χ4n) is 2.49. The summed E-state index contributed by atoms with van der Waals surface area (Å²) >= 11 is 0. The van der Waals surface area contributed by atoms with Gasteiger partial charge in [-0.2, -0.15) is 8.78 Å². The van der Waals surface area contributed by atoms with Gasteiger partial charge in [0.05, 0.1) is 11.9 Å². The summed E-state index contributed by atoms with van der Waals surface area (Å²) in [4.78, 5) is 4.40. The van der Waals surface area contributed by atoms with E-state index < -0.39 is 6.61 Å². The van der Waals surface area contributed by atoms with Crippen LogP contribution in [-0.4, -0.2) is 16.0 Å². The number of ether oxygens (including phenoxy) is 1. The number of aryl methyl sites for hydroxylation is 2. The number of imidazole rings is 1. The van der Waals surface area contributed by atoms with Gasteiger partial charge in [0, 0.05) is 11.3 Å². The number of hydrogen-bond donors (Lipinski definition) is 0. The van der Waals surface area contributed by atoms with Crippen LogP contribution in [0.25, 0.3) is 16.9 Å². The van der Waals surface area contributed by atoms with Crippen LogP contribution in [0.1, 0.15) is 11.3 Å². The summed E-state index contributed by atoms with van der Waals surface area (Å²) in [6.45, 7) is 1.23. The number of nitrogens with zero attached hydrogens (tertiary/aromatic N) is 2. The van der Waals surface area contributed by atoms with Gasteiger partial charge in [-0.3, -0.25) is 4.40 Å². The van der Waals surface area contributed by atoms with Gasteiger partial charge in [-0.25, -0.2) is 4.98 Å². The average molecular weight is 288 g/mol. The lowest BCUT2D eigenvalue weighted by molar-refractivity contribution is -0.0498. The van der Waals surface area contributed by atoms with Crippen molar-refractivity contribution in [2.45, 2.75) is 20.5 Å². The van der Waals surface area contributed by atoms with Gasteiger partial charge in [-0.1, -0.05) is 0 Å². The number of alkyl halides is 2. The molecule has 3 aromatic rings. The zero-order valence-corrected chi connectivity index (χ0v) is 11.7. The Balaban J connectivity index is 2.04. The van der Waals surface area contributed by atoms with Gasteiger partial charge in [0.2, 0.25) is 0 Å². The molecule has 0 aliphatic heterocycles. The van der Waals surface area contributed by atoms with E-state index in [4.69, 9.17) is 0 Å². The van der Waals surface area contributed by atoms with Crippen LogP contribution < -0.4 is 4.74 Å². The highest BCUT2D eigenvalue weighted by Gasteiger charge is 2.09. The molecule has 0 saturated carbocycles. The first-order valence-electron chi connectivity index (χ1n) is 6.54. The predicted molar refractivity (Wildman–Crippen MR) is 76.7 cm³/mol. The van der Waals surface area contributed by atoms with Gasteiger partial charge >= 0.3 is 6.61 Å². The molecule has 21 heavy (non-hydrogen) atoms. The van der Waals surface area contributed by atoms with Crippen molar-refractivity contribution >= 4 is 5.65 Å². The van der Waals surface area contributed by atoms with Crippen LogP contribution in [0.3, 0.4) is 0 Å². The van der Waals surface area contributed by atoms with Crippen LogP contribution in [-0.2, 0) is 0 Å². The average Bonchev–Trinajstić information content (AvgIpc) is 2.83. The van der Waals surface area contributed by atoms with E-state index in [1.165, 1.54) is 12.1 Å². The largest absolute Gasteiger partial charge is 0.435 e. The molecule has 0 aliphatic carbocycles. The van der Waals surface area contributed by atoms with Crippen molar-refractivity contribution in [3.05, 3.63) is 53.9 Å². The highest BCUT2D eigenvalue weighted by atomic mass is 19.3. The molecule has 0 spiro atoms. The molecule has 5 heteroatoms. The lowest BCUT2D eigenvalue weighted by atomic mass is 10.1. The third-order valence-corrected chi connectivity index (χ3v) is 3.31. The summed E-state index contributed by atoms with van der Waals surface area (Å²) in [5.74, 6) is 0.148. The maximum absolute atomic E-state index is 12.2. The third-order valence-electron chi connectivity index (χ3n) is 3.31. The molecule has 0 amide bonds. The predicted octanol–water partition coefficient (Wildman–Crippen LogP) is 4.22. The maximum atomic E-state index is 12.2. The van der Waals surface area contributed by atoms with Gasteiger partial charge in [-0.15, -0.1) is 0 Å². The van der Waals surface area contributed by atoms with Crippen molar-refractivity contribution in [2.75, 3.05) is 0 Å². The van der Waals surface area contributed by atoms with Crippen molar-refractivity contribution < 1.29 is 13.5 Å². The normalized spacial score (nSPS) is 11.3. The van der Waals surface area contributed by atoms with E-state index in [0.29, 0.717) is 0 Å². The Labute approximate surface area is 120 Å². The number of pyridine rings is 1. The number of hydrogen-bond acceptors (Lipinski definition) is 2. The van der Waals surface area contributed by atoms with Gasteiger partial charge in [-0.05, 0) is 55.8 Å². The quantitative estimate of drug-likeness (QED) is 0.721. The van der Waals surface area contributed by atoms with Crippen LogP contribution in [0.15, 0.2) is 42.6 Å². The molecule has 0 atom stereocenters. The van der Waals surface area contributed by atoms with Gasteiger partial charge in [0.1, 0.15) is 11.4 Å². The Morgan fingerprint density at radius 2 is 1.81 bits per heavy atom. The summed E-state index contributed by atoms with van der Waals surface area (Å²) in [6.07, 6.45) is 1.78. The molecule has 3 nitrogen and oxygen atoms in total. The van der Waals surface area contributed by atoms with Gasteiger partial charge in [0.15, 0.2) is 0 Å². The molecule has 1 aromatic carbocycles. The Morgan fingerprint density at radius 3 is 2.48 bits per heavy atom.